The minimum absolute atomic E-state index is 0.0481. The Morgan fingerprint density at radius 3 is 2.76 bits per heavy atom. The van der Waals surface area contributed by atoms with Gasteiger partial charge in [0.15, 0.2) is 0 Å². The van der Waals surface area contributed by atoms with E-state index in [0.717, 1.165) is 23.1 Å². The number of rotatable bonds is 3. The van der Waals surface area contributed by atoms with Gasteiger partial charge in [-0.05, 0) is 18.6 Å². The van der Waals surface area contributed by atoms with E-state index in [1.54, 1.807) is 11.3 Å². The van der Waals surface area contributed by atoms with Gasteiger partial charge in [-0.3, -0.25) is 9.59 Å². The first kappa shape index (κ1) is 16.3. The van der Waals surface area contributed by atoms with E-state index in [9.17, 15) is 9.59 Å². The topological polar surface area (TPSA) is 71.5 Å². The average Bonchev–Trinajstić information content (AvgIpc) is 3.05. The highest BCUT2D eigenvalue weighted by Crippen LogP contribution is 2.29. The van der Waals surface area contributed by atoms with E-state index in [1.807, 2.05) is 29.2 Å². The van der Waals surface area contributed by atoms with Crippen molar-refractivity contribution < 1.29 is 14.3 Å². The van der Waals surface area contributed by atoms with E-state index in [4.69, 9.17) is 4.74 Å². The maximum atomic E-state index is 12.6. The molecular weight excluding hydrogens is 338 g/mol. The lowest BCUT2D eigenvalue weighted by Crippen LogP contribution is -2.48. The van der Waals surface area contributed by atoms with Gasteiger partial charge in [-0.1, -0.05) is 23.5 Å². The first-order chi connectivity index (χ1) is 12.2. The molecule has 6 nitrogen and oxygen atoms in total. The predicted molar refractivity (Wildman–Crippen MR) is 95.6 cm³/mol. The fourth-order valence-corrected chi connectivity index (χ4v) is 4.32. The zero-order valence-corrected chi connectivity index (χ0v) is 14.8. The molecule has 25 heavy (non-hydrogen) atoms. The minimum atomic E-state index is -0.0700. The van der Waals surface area contributed by atoms with Gasteiger partial charge in [-0.2, -0.15) is 0 Å². The average molecular weight is 359 g/mol. The lowest BCUT2D eigenvalue weighted by Gasteiger charge is -2.34. The highest BCUT2D eigenvalue weighted by atomic mass is 32.1. The lowest BCUT2D eigenvalue weighted by molar-refractivity contribution is -0.139. The molecule has 1 unspecified atom stereocenters. The molecule has 0 radical (unpaired) electrons. The molecule has 0 spiro atoms. The first-order valence-corrected chi connectivity index (χ1v) is 9.58. The van der Waals surface area contributed by atoms with Crippen LogP contribution in [0.5, 0.6) is 5.19 Å². The summed E-state index contributed by atoms with van der Waals surface area (Å²) >= 11 is 1.57. The molecule has 2 aliphatic rings. The fourth-order valence-electron chi connectivity index (χ4n) is 3.44. The monoisotopic (exact) mass is 359 g/mol. The van der Waals surface area contributed by atoms with Crippen LogP contribution in [0.4, 0.5) is 0 Å². The first-order valence-electron chi connectivity index (χ1n) is 8.77. The van der Waals surface area contributed by atoms with Crippen LogP contribution in [0.2, 0.25) is 0 Å². The third kappa shape index (κ3) is 3.61. The zero-order chi connectivity index (χ0) is 17.2. The summed E-state index contributed by atoms with van der Waals surface area (Å²) in [6, 6.07) is 8.01. The van der Waals surface area contributed by atoms with Gasteiger partial charge in [-0.25, -0.2) is 4.98 Å². The Labute approximate surface area is 150 Å². The molecule has 0 saturated carbocycles. The normalized spacial score (nSPS) is 22.0. The van der Waals surface area contributed by atoms with Crippen molar-refractivity contribution in [3.05, 3.63) is 24.3 Å². The number of nitrogens with one attached hydrogen (secondary N) is 1. The number of nitrogens with zero attached hydrogens (tertiary/aromatic N) is 2. The number of aromatic nitrogens is 1. The van der Waals surface area contributed by atoms with Crippen LogP contribution in [-0.4, -0.2) is 47.4 Å². The van der Waals surface area contributed by atoms with Crippen LogP contribution >= 0.6 is 11.3 Å². The number of hydrogen-bond acceptors (Lipinski definition) is 5. The van der Waals surface area contributed by atoms with E-state index < -0.39 is 0 Å². The number of ether oxygens (including phenoxy) is 1. The van der Waals surface area contributed by atoms with Crippen molar-refractivity contribution in [1.29, 1.82) is 0 Å². The van der Waals surface area contributed by atoms with Gasteiger partial charge in [0.05, 0.1) is 16.1 Å². The number of carbonyl (C=O) groups is 2. The van der Waals surface area contributed by atoms with Crippen molar-refractivity contribution in [3.8, 4) is 5.19 Å². The molecule has 2 aromatic rings. The molecule has 2 aliphatic heterocycles. The second-order valence-electron chi connectivity index (χ2n) is 6.63. The largest absolute Gasteiger partial charge is 0.467 e. The summed E-state index contributed by atoms with van der Waals surface area (Å²) in [4.78, 5) is 30.2. The number of thiazole rings is 1. The van der Waals surface area contributed by atoms with Crippen LogP contribution in [0.3, 0.4) is 0 Å². The highest BCUT2D eigenvalue weighted by Gasteiger charge is 2.31. The lowest BCUT2D eigenvalue weighted by atomic mass is 9.96. The quantitative estimate of drug-likeness (QED) is 0.912. The molecule has 0 bridgehead atoms. The van der Waals surface area contributed by atoms with Crippen molar-refractivity contribution in [2.24, 2.45) is 5.92 Å². The van der Waals surface area contributed by atoms with Gasteiger partial charge in [0.1, 0.15) is 6.10 Å². The Morgan fingerprint density at radius 1 is 1.24 bits per heavy atom. The summed E-state index contributed by atoms with van der Waals surface area (Å²) in [5.41, 5.74) is 0.967. The Bertz CT molecular complexity index is 740. The van der Waals surface area contributed by atoms with E-state index >= 15 is 0 Å². The van der Waals surface area contributed by atoms with E-state index in [-0.39, 0.29) is 23.8 Å². The molecule has 0 aliphatic carbocycles. The molecule has 2 saturated heterocycles. The Morgan fingerprint density at radius 2 is 2.04 bits per heavy atom. The molecule has 1 aromatic heterocycles. The van der Waals surface area contributed by atoms with Crippen molar-refractivity contribution in [3.63, 3.8) is 0 Å². The number of benzene rings is 1. The van der Waals surface area contributed by atoms with E-state index in [0.29, 0.717) is 37.7 Å². The SMILES string of the molecule is O=C1CCC(C(=O)N2CCC(Oc3nc4ccccc4s3)CC2)CN1. The molecule has 2 amide bonds. The fraction of sp³-hybridized carbons (Fsp3) is 0.500. The molecule has 4 rings (SSSR count). The highest BCUT2D eigenvalue weighted by molar-refractivity contribution is 7.20. The summed E-state index contributed by atoms with van der Waals surface area (Å²) < 4.78 is 7.17. The molecule has 2 fully saturated rings. The predicted octanol–water partition coefficient (Wildman–Crippen LogP) is 2.19. The maximum absolute atomic E-state index is 12.6. The molecule has 7 heteroatoms. The molecule has 3 heterocycles. The van der Waals surface area contributed by atoms with Crippen LogP contribution in [0.15, 0.2) is 24.3 Å². The Balaban J connectivity index is 1.30. The summed E-state index contributed by atoms with van der Waals surface area (Å²) in [5, 5.41) is 3.50. The molecule has 1 atom stereocenters. The van der Waals surface area contributed by atoms with Crippen LogP contribution < -0.4 is 10.1 Å². The number of piperidine rings is 2. The smallest absolute Gasteiger partial charge is 0.274 e. The van der Waals surface area contributed by atoms with Crippen LogP contribution in [-0.2, 0) is 9.59 Å². The van der Waals surface area contributed by atoms with Gasteiger partial charge >= 0.3 is 0 Å². The second-order valence-corrected chi connectivity index (χ2v) is 7.62. The van der Waals surface area contributed by atoms with Crippen molar-refractivity contribution in [2.45, 2.75) is 31.8 Å². The third-order valence-electron chi connectivity index (χ3n) is 4.91. The van der Waals surface area contributed by atoms with Crippen molar-refractivity contribution in [1.82, 2.24) is 15.2 Å². The van der Waals surface area contributed by atoms with Gasteiger partial charge in [0, 0.05) is 38.9 Å². The standard InChI is InChI=1S/C18H21N3O3S/c22-16-6-5-12(11-19-16)17(23)21-9-7-13(8-10-21)24-18-20-14-3-1-2-4-15(14)25-18/h1-4,12-13H,5-11H2,(H,19,22). The van der Waals surface area contributed by atoms with Crippen molar-refractivity contribution >= 4 is 33.4 Å². The van der Waals surface area contributed by atoms with Gasteiger partial charge in [0.2, 0.25) is 11.8 Å². The minimum Gasteiger partial charge on any atom is -0.467 e. The number of likely N-dealkylation sites (tertiary alicyclic amines) is 1. The van der Waals surface area contributed by atoms with Crippen LogP contribution in [0.1, 0.15) is 25.7 Å². The zero-order valence-electron chi connectivity index (χ0n) is 13.9. The number of carbonyl (C=O) groups excluding carboxylic acids is 2. The Hall–Kier alpha value is -2.15. The summed E-state index contributed by atoms with van der Waals surface area (Å²) in [5.74, 6) is 0.143. The van der Waals surface area contributed by atoms with Crippen LogP contribution in [0.25, 0.3) is 10.2 Å². The molecular formula is C18H21N3O3S. The third-order valence-corrected chi connectivity index (χ3v) is 5.84. The molecule has 1 aromatic carbocycles. The van der Waals surface area contributed by atoms with Crippen LogP contribution in [0, 0.1) is 5.92 Å². The Kier molecular flexibility index (Phi) is 4.57. The van der Waals surface area contributed by atoms with Gasteiger partial charge in [0.25, 0.3) is 5.19 Å². The summed E-state index contributed by atoms with van der Waals surface area (Å²) in [7, 11) is 0. The summed E-state index contributed by atoms with van der Waals surface area (Å²) in [6.45, 7) is 1.89. The number of amides is 2. The van der Waals surface area contributed by atoms with E-state index in [2.05, 4.69) is 10.3 Å². The van der Waals surface area contributed by atoms with Gasteiger partial charge < -0.3 is 15.0 Å². The van der Waals surface area contributed by atoms with E-state index in [1.165, 1.54) is 0 Å². The number of hydrogen-bond donors (Lipinski definition) is 1. The molecule has 1 N–H and O–H groups in total. The van der Waals surface area contributed by atoms with Gasteiger partial charge in [-0.15, -0.1) is 0 Å². The number of fused-ring (bicyclic) bond motifs is 1. The summed E-state index contributed by atoms with van der Waals surface area (Å²) in [6.07, 6.45) is 2.86. The maximum Gasteiger partial charge on any atom is 0.274 e. The molecule has 132 valence electrons. The second kappa shape index (κ2) is 7.00. The number of para-hydroxylation sites is 1. The van der Waals surface area contributed by atoms with Crippen molar-refractivity contribution in [2.75, 3.05) is 19.6 Å².